The van der Waals surface area contributed by atoms with Gasteiger partial charge in [0.1, 0.15) is 0 Å². The quantitative estimate of drug-likeness (QED) is 0.451. The summed E-state index contributed by atoms with van der Waals surface area (Å²) in [5.74, 6) is -0.723. The van der Waals surface area contributed by atoms with Crippen molar-refractivity contribution in [1.82, 2.24) is 9.29 Å². The second kappa shape index (κ2) is 9.67. The molecule has 1 fully saturated rings. The van der Waals surface area contributed by atoms with E-state index in [4.69, 9.17) is 34.8 Å². The van der Waals surface area contributed by atoms with Gasteiger partial charge < -0.3 is 5.32 Å². The van der Waals surface area contributed by atoms with Crippen molar-refractivity contribution in [2.24, 2.45) is 5.92 Å². The van der Waals surface area contributed by atoms with E-state index in [1.807, 2.05) is 5.38 Å². The van der Waals surface area contributed by atoms with E-state index in [0.717, 1.165) is 5.56 Å². The zero-order valence-corrected chi connectivity index (χ0v) is 20.5. The lowest BCUT2D eigenvalue weighted by Crippen LogP contribution is -2.43. The number of piperidine rings is 1. The van der Waals surface area contributed by atoms with E-state index in [1.54, 1.807) is 18.2 Å². The van der Waals surface area contributed by atoms with Gasteiger partial charge in [-0.1, -0.05) is 40.9 Å². The number of nitrogens with one attached hydrogen (secondary N) is 1. The van der Waals surface area contributed by atoms with Crippen LogP contribution in [0.5, 0.6) is 0 Å². The summed E-state index contributed by atoms with van der Waals surface area (Å²) in [4.78, 5) is 17.5. The zero-order valence-electron chi connectivity index (χ0n) is 16.6. The Morgan fingerprint density at radius 1 is 1.09 bits per heavy atom. The van der Waals surface area contributed by atoms with E-state index in [0.29, 0.717) is 45.3 Å². The van der Waals surface area contributed by atoms with Crippen LogP contribution < -0.4 is 5.32 Å². The van der Waals surface area contributed by atoms with Crippen molar-refractivity contribution in [3.63, 3.8) is 0 Å². The molecule has 0 spiro atoms. The Hall–Kier alpha value is -1.68. The fourth-order valence-corrected chi connectivity index (χ4v) is 6.13. The minimum atomic E-state index is -3.70. The van der Waals surface area contributed by atoms with Gasteiger partial charge in [-0.2, -0.15) is 4.31 Å². The third-order valence-corrected chi connectivity index (χ3v) is 8.78. The lowest BCUT2D eigenvalue weighted by atomic mass is 9.99. The molecular weight excluding hydrogens is 513 g/mol. The fourth-order valence-electron chi connectivity index (χ4n) is 3.46. The van der Waals surface area contributed by atoms with Gasteiger partial charge in [0, 0.05) is 29.1 Å². The first-order valence-corrected chi connectivity index (χ1v) is 13.2. The summed E-state index contributed by atoms with van der Waals surface area (Å²) >= 11 is 19.2. The van der Waals surface area contributed by atoms with Crippen molar-refractivity contribution in [1.29, 1.82) is 0 Å². The Balaban J connectivity index is 1.44. The maximum absolute atomic E-state index is 13.0. The number of carbonyl (C=O) groups is 1. The standard InChI is InChI=1S/C21H18Cl3N3O3S2/c22-15-4-6-16(7-5-15)32(29,30)27-9-1-2-14(11-27)20(28)26-21-25-19(12-31-21)13-3-8-17(23)18(24)10-13/h3-8,10,12,14H,1-2,9,11H2,(H,25,26,28). The molecule has 3 aromatic rings. The minimum Gasteiger partial charge on any atom is -0.302 e. The van der Waals surface area contributed by atoms with Crippen molar-refractivity contribution in [3.05, 3.63) is 62.9 Å². The molecule has 32 heavy (non-hydrogen) atoms. The molecule has 0 bridgehead atoms. The minimum absolute atomic E-state index is 0.113. The SMILES string of the molecule is O=C(Nc1nc(-c2ccc(Cl)c(Cl)c2)cs1)C1CCCN(S(=O)(=O)c2ccc(Cl)cc2)C1. The summed E-state index contributed by atoms with van der Waals surface area (Å²) in [6.45, 7) is 0.481. The highest BCUT2D eigenvalue weighted by Crippen LogP contribution is 2.31. The normalized spacial score (nSPS) is 17.3. The van der Waals surface area contributed by atoms with Crippen LogP contribution in [-0.2, 0) is 14.8 Å². The number of nitrogens with zero attached hydrogens (tertiary/aromatic N) is 2. The molecule has 6 nitrogen and oxygen atoms in total. The summed E-state index contributed by atoms with van der Waals surface area (Å²) in [6.07, 6.45) is 1.20. The van der Waals surface area contributed by atoms with E-state index >= 15 is 0 Å². The third kappa shape index (κ3) is 5.11. The molecule has 0 saturated carbocycles. The Labute approximate surface area is 205 Å². The van der Waals surface area contributed by atoms with Gasteiger partial charge >= 0.3 is 0 Å². The molecule has 1 N–H and O–H groups in total. The van der Waals surface area contributed by atoms with Crippen LogP contribution in [0.25, 0.3) is 11.3 Å². The van der Waals surface area contributed by atoms with Crippen LogP contribution in [0.4, 0.5) is 5.13 Å². The fraction of sp³-hybridized carbons (Fsp3) is 0.238. The van der Waals surface area contributed by atoms with E-state index in [2.05, 4.69) is 10.3 Å². The number of rotatable bonds is 5. The molecule has 2 aromatic carbocycles. The lowest BCUT2D eigenvalue weighted by Gasteiger charge is -2.31. The van der Waals surface area contributed by atoms with Gasteiger partial charge in [0.2, 0.25) is 15.9 Å². The number of aromatic nitrogens is 1. The molecule has 4 rings (SSSR count). The topological polar surface area (TPSA) is 79.4 Å². The molecule has 0 radical (unpaired) electrons. The van der Waals surface area contributed by atoms with E-state index in [9.17, 15) is 13.2 Å². The first kappa shape index (κ1) is 23.5. The molecule has 1 aromatic heterocycles. The van der Waals surface area contributed by atoms with Gasteiger partial charge in [-0.05, 0) is 49.2 Å². The monoisotopic (exact) mass is 529 g/mol. The molecule has 2 heterocycles. The second-order valence-electron chi connectivity index (χ2n) is 7.31. The molecule has 1 aliphatic heterocycles. The first-order valence-electron chi connectivity index (χ1n) is 9.71. The van der Waals surface area contributed by atoms with Crippen LogP contribution in [0, 0.1) is 5.92 Å². The molecule has 1 unspecified atom stereocenters. The van der Waals surface area contributed by atoms with Crippen LogP contribution in [0.3, 0.4) is 0 Å². The highest BCUT2D eigenvalue weighted by Gasteiger charge is 2.33. The van der Waals surface area contributed by atoms with Crippen molar-refractivity contribution in [2.75, 3.05) is 18.4 Å². The third-order valence-electron chi connectivity index (χ3n) is 5.16. The number of hydrogen-bond donors (Lipinski definition) is 1. The first-order chi connectivity index (χ1) is 15.2. The van der Waals surface area contributed by atoms with Gasteiger partial charge in [0.05, 0.1) is 26.6 Å². The number of thiazole rings is 1. The smallest absolute Gasteiger partial charge is 0.243 e. The van der Waals surface area contributed by atoms with Crippen molar-refractivity contribution in [3.8, 4) is 11.3 Å². The van der Waals surface area contributed by atoms with Crippen molar-refractivity contribution < 1.29 is 13.2 Å². The molecular formula is C21H18Cl3N3O3S2. The van der Waals surface area contributed by atoms with Gasteiger partial charge in [-0.25, -0.2) is 13.4 Å². The van der Waals surface area contributed by atoms with Crippen LogP contribution >= 0.6 is 46.1 Å². The number of carbonyl (C=O) groups excluding carboxylic acids is 1. The highest BCUT2D eigenvalue weighted by molar-refractivity contribution is 7.89. The number of anilines is 1. The number of hydrogen-bond acceptors (Lipinski definition) is 5. The maximum Gasteiger partial charge on any atom is 0.243 e. The zero-order chi connectivity index (χ0) is 22.9. The highest BCUT2D eigenvalue weighted by atomic mass is 35.5. The number of amides is 1. The average molecular weight is 531 g/mol. The predicted octanol–water partition coefficient (Wildman–Crippen LogP) is 5.81. The van der Waals surface area contributed by atoms with Crippen molar-refractivity contribution in [2.45, 2.75) is 17.7 Å². The van der Waals surface area contributed by atoms with Crippen molar-refractivity contribution >= 4 is 67.2 Å². The molecule has 11 heteroatoms. The molecule has 1 amide bonds. The Morgan fingerprint density at radius 2 is 1.84 bits per heavy atom. The molecule has 0 aliphatic carbocycles. The Morgan fingerprint density at radius 3 is 2.56 bits per heavy atom. The molecule has 1 atom stereocenters. The van der Waals surface area contributed by atoms with Crippen LogP contribution in [-0.4, -0.2) is 36.7 Å². The average Bonchev–Trinajstić information content (AvgIpc) is 3.24. The lowest BCUT2D eigenvalue weighted by molar-refractivity contribution is -0.120. The summed E-state index contributed by atoms with van der Waals surface area (Å²) < 4.78 is 27.3. The van der Waals surface area contributed by atoms with Crippen LogP contribution in [0.15, 0.2) is 52.7 Å². The van der Waals surface area contributed by atoms with Gasteiger partial charge in [0.15, 0.2) is 5.13 Å². The summed E-state index contributed by atoms with van der Waals surface area (Å²) in [5, 5.41) is 6.41. The van der Waals surface area contributed by atoms with Gasteiger partial charge in [0.25, 0.3) is 0 Å². The molecule has 1 saturated heterocycles. The summed E-state index contributed by atoms with van der Waals surface area (Å²) in [7, 11) is -3.70. The van der Waals surface area contributed by atoms with E-state index in [-0.39, 0.29) is 17.3 Å². The molecule has 168 valence electrons. The largest absolute Gasteiger partial charge is 0.302 e. The van der Waals surface area contributed by atoms with E-state index in [1.165, 1.54) is 39.9 Å². The maximum atomic E-state index is 13.0. The number of sulfonamides is 1. The summed E-state index contributed by atoms with van der Waals surface area (Å²) in [5.41, 5.74) is 1.45. The Bertz CT molecular complexity index is 1250. The van der Waals surface area contributed by atoms with Crippen LogP contribution in [0.1, 0.15) is 12.8 Å². The predicted molar refractivity (Wildman–Crippen MR) is 129 cm³/mol. The number of halogens is 3. The van der Waals surface area contributed by atoms with Gasteiger partial charge in [-0.3, -0.25) is 4.79 Å². The molecule has 1 aliphatic rings. The summed E-state index contributed by atoms with van der Waals surface area (Å²) in [6, 6.07) is 11.2. The second-order valence-corrected chi connectivity index (χ2v) is 11.4. The number of benzene rings is 2. The van der Waals surface area contributed by atoms with Crippen LogP contribution in [0.2, 0.25) is 15.1 Å². The van der Waals surface area contributed by atoms with E-state index < -0.39 is 15.9 Å². The Kier molecular flexibility index (Phi) is 7.09. The van der Waals surface area contributed by atoms with Gasteiger partial charge in [-0.15, -0.1) is 11.3 Å².